The first kappa shape index (κ1) is 17.9. The summed E-state index contributed by atoms with van der Waals surface area (Å²) in [6, 6.07) is 6.50. The molecule has 2 heterocycles. The maximum Gasteiger partial charge on any atom is 0.227 e. The van der Waals surface area contributed by atoms with E-state index in [-0.39, 0.29) is 11.9 Å². The van der Waals surface area contributed by atoms with Gasteiger partial charge < -0.3 is 4.90 Å². The Bertz CT molecular complexity index is 608. The minimum atomic E-state index is 0.0267. The highest BCUT2D eigenvalue weighted by Gasteiger charge is 2.31. The molecule has 0 radical (unpaired) electrons. The minimum Gasteiger partial charge on any atom is -0.340 e. The molecule has 5 nitrogen and oxygen atoms in total. The summed E-state index contributed by atoms with van der Waals surface area (Å²) < 4.78 is 0. The van der Waals surface area contributed by atoms with Crippen molar-refractivity contribution in [3.63, 3.8) is 0 Å². The van der Waals surface area contributed by atoms with Crippen LogP contribution in [0.25, 0.3) is 0 Å². The molecule has 1 saturated heterocycles. The number of hydrogen-bond donors (Lipinski definition) is 0. The third-order valence-corrected chi connectivity index (χ3v) is 5.62. The van der Waals surface area contributed by atoms with E-state index >= 15 is 0 Å². The Morgan fingerprint density at radius 2 is 1.96 bits per heavy atom. The fraction of sp³-hybridized carbons (Fsp3) is 0.650. The van der Waals surface area contributed by atoms with Crippen molar-refractivity contribution < 1.29 is 4.79 Å². The fourth-order valence-corrected chi connectivity index (χ4v) is 4.07. The number of carbonyl (C=O) groups is 1. The van der Waals surface area contributed by atoms with Crippen molar-refractivity contribution in [2.75, 3.05) is 26.2 Å². The number of nitrogens with zero attached hydrogens (tertiary/aromatic N) is 4. The first-order chi connectivity index (χ1) is 12.2. The largest absolute Gasteiger partial charge is 0.340 e. The highest BCUT2D eigenvalue weighted by Crippen LogP contribution is 2.29. The van der Waals surface area contributed by atoms with E-state index in [9.17, 15) is 10.1 Å². The molecule has 2 fully saturated rings. The van der Waals surface area contributed by atoms with Gasteiger partial charge in [0.25, 0.3) is 0 Å². The summed E-state index contributed by atoms with van der Waals surface area (Å²) >= 11 is 0. The quantitative estimate of drug-likeness (QED) is 0.845. The van der Waals surface area contributed by atoms with Gasteiger partial charge in [-0.15, -0.1) is 0 Å². The summed E-state index contributed by atoms with van der Waals surface area (Å²) in [6.07, 6.45) is 8.38. The minimum absolute atomic E-state index is 0.0267. The third-order valence-electron chi connectivity index (χ3n) is 5.62. The number of carbonyl (C=O) groups excluding carboxylic acids is 1. The summed E-state index contributed by atoms with van der Waals surface area (Å²) in [5, 5.41) is 9.64. The molecule has 0 unspecified atom stereocenters. The molecule has 1 aliphatic heterocycles. The Kier molecular flexibility index (Phi) is 6.04. The number of piperazine rings is 1. The second kappa shape index (κ2) is 8.44. The molecule has 1 aliphatic carbocycles. The van der Waals surface area contributed by atoms with E-state index in [1.165, 1.54) is 32.1 Å². The van der Waals surface area contributed by atoms with Crippen molar-refractivity contribution in [1.29, 1.82) is 5.26 Å². The lowest BCUT2D eigenvalue weighted by Crippen LogP contribution is -2.53. The zero-order valence-corrected chi connectivity index (χ0v) is 15.2. The van der Waals surface area contributed by atoms with Crippen molar-refractivity contribution in [2.45, 2.75) is 51.5 Å². The van der Waals surface area contributed by atoms with E-state index in [2.05, 4.69) is 16.0 Å². The van der Waals surface area contributed by atoms with Crippen LogP contribution in [0.1, 0.15) is 43.4 Å². The SMILES string of the molecule is Cc1ccc(CC(=O)N2CCN([C@H](C#N)C3CCCCC3)CC2)cn1. The second-order valence-corrected chi connectivity index (χ2v) is 7.37. The number of hydrogen-bond acceptors (Lipinski definition) is 4. The number of aryl methyl sites for hydroxylation is 1. The molecule has 1 atom stereocenters. The number of pyridine rings is 1. The normalized spacial score (nSPS) is 20.9. The van der Waals surface area contributed by atoms with Gasteiger partial charge in [0.05, 0.1) is 12.5 Å². The van der Waals surface area contributed by atoms with Crippen molar-refractivity contribution in [3.05, 3.63) is 29.6 Å². The first-order valence-electron chi connectivity index (χ1n) is 9.50. The van der Waals surface area contributed by atoms with E-state index in [4.69, 9.17) is 0 Å². The van der Waals surface area contributed by atoms with Crippen LogP contribution < -0.4 is 0 Å². The van der Waals surface area contributed by atoms with Gasteiger partial charge in [0.15, 0.2) is 0 Å². The average molecular weight is 340 g/mol. The molecule has 0 aromatic carbocycles. The Hall–Kier alpha value is -1.93. The zero-order valence-electron chi connectivity index (χ0n) is 15.2. The highest BCUT2D eigenvalue weighted by atomic mass is 16.2. The molecule has 1 aromatic heterocycles. The third kappa shape index (κ3) is 4.58. The van der Waals surface area contributed by atoms with Gasteiger partial charge in [0.2, 0.25) is 5.91 Å². The lowest BCUT2D eigenvalue weighted by molar-refractivity contribution is -0.132. The lowest BCUT2D eigenvalue weighted by atomic mass is 9.83. The molecule has 5 heteroatoms. The Balaban J connectivity index is 1.51. The topological polar surface area (TPSA) is 60.2 Å². The zero-order chi connectivity index (χ0) is 17.6. The van der Waals surface area contributed by atoms with E-state index in [1.807, 2.05) is 24.0 Å². The molecule has 1 aromatic rings. The molecule has 1 saturated carbocycles. The van der Waals surface area contributed by atoms with Gasteiger partial charge >= 0.3 is 0 Å². The van der Waals surface area contributed by atoms with Gasteiger partial charge in [-0.25, -0.2) is 0 Å². The molecule has 1 amide bonds. The summed E-state index contributed by atoms with van der Waals surface area (Å²) in [4.78, 5) is 21.0. The molecule has 2 aliphatic rings. The van der Waals surface area contributed by atoms with Crippen LogP contribution in [0.4, 0.5) is 0 Å². The summed E-state index contributed by atoms with van der Waals surface area (Å²) in [6.45, 7) is 5.02. The molecular formula is C20H28N4O. The molecular weight excluding hydrogens is 312 g/mol. The molecule has 3 rings (SSSR count). The van der Waals surface area contributed by atoms with Crippen molar-refractivity contribution in [1.82, 2.24) is 14.8 Å². The van der Waals surface area contributed by atoms with Crippen molar-refractivity contribution in [2.24, 2.45) is 5.92 Å². The molecule has 0 bridgehead atoms. The molecule has 25 heavy (non-hydrogen) atoms. The first-order valence-corrected chi connectivity index (χ1v) is 9.50. The lowest BCUT2D eigenvalue weighted by Gasteiger charge is -2.40. The number of rotatable bonds is 4. The Labute approximate surface area is 150 Å². The maximum absolute atomic E-state index is 12.5. The monoisotopic (exact) mass is 340 g/mol. The summed E-state index contributed by atoms with van der Waals surface area (Å²) in [5.74, 6) is 0.677. The summed E-state index contributed by atoms with van der Waals surface area (Å²) in [5.41, 5.74) is 1.94. The number of aromatic nitrogens is 1. The smallest absolute Gasteiger partial charge is 0.227 e. The van der Waals surface area contributed by atoms with Crippen LogP contribution in [0.3, 0.4) is 0 Å². The standard InChI is InChI=1S/C20H28N4O/c1-16-7-8-17(15-22-16)13-20(25)24-11-9-23(10-12-24)19(14-21)18-5-3-2-4-6-18/h7-8,15,18-19H,2-6,9-13H2,1H3/t19-/m1/s1. The maximum atomic E-state index is 12.5. The number of amides is 1. The average Bonchev–Trinajstić information content (AvgIpc) is 2.66. The van der Waals surface area contributed by atoms with Crippen LogP contribution in [-0.4, -0.2) is 52.9 Å². The second-order valence-electron chi connectivity index (χ2n) is 7.37. The van der Waals surface area contributed by atoms with Crippen LogP contribution in [0, 0.1) is 24.2 Å². The van der Waals surface area contributed by atoms with E-state index in [0.29, 0.717) is 12.3 Å². The molecule has 134 valence electrons. The highest BCUT2D eigenvalue weighted by molar-refractivity contribution is 5.78. The van der Waals surface area contributed by atoms with Crippen LogP contribution in [-0.2, 0) is 11.2 Å². The summed E-state index contributed by atoms with van der Waals surface area (Å²) in [7, 11) is 0. The van der Waals surface area contributed by atoms with Crippen molar-refractivity contribution >= 4 is 5.91 Å². The van der Waals surface area contributed by atoms with E-state index in [1.54, 1.807) is 6.20 Å². The van der Waals surface area contributed by atoms with Gasteiger partial charge in [-0.3, -0.25) is 14.7 Å². The van der Waals surface area contributed by atoms with Gasteiger partial charge in [-0.2, -0.15) is 5.26 Å². The Morgan fingerprint density at radius 1 is 1.24 bits per heavy atom. The van der Waals surface area contributed by atoms with Gasteiger partial charge in [-0.1, -0.05) is 25.3 Å². The van der Waals surface area contributed by atoms with Crippen LogP contribution in [0.15, 0.2) is 18.3 Å². The molecule has 0 spiro atoms. The van der Waals surface area contributed by atoms with Gasteiger partial charge in [0, 0.05) is 38.1 Å². The van der Waals surface area contributed by atoms with Crippen LogP contribution in [0.2, 0.25) is 0 Å². The number of nitriles is 1. The van der Waals surface area contributed by atoms with Crippen LogP contribution >= 0.6 is 0 Å². The Morgan fingerprint density at radius 3 is 2.56 bits per heavy atom. The molecule has 0 N–H and O–H groups in total. The van der Waals surface area contributed by atoms with Gasteiger partial charge in [0.1, 0.15) is 6.04 Å². The fourth-order valence-electron chi connectivity index (χ4n) is 4.07. The van der Waals surface area contributed by atoms with E-state index < -0.39 is 0 Å². The van der Waals surface area contributed by atoms with Crippen LogP contribution in [0.5, 0.6) is 0 Å². The van der Waals surface area contributed by atoms with E-state index in [0.717, 1.165) is 37.4 Å². The van der Waals surface area contributed by atoms with Gasteiger partial charge in [-0.05, 0) is 37.3 Å². The predicted molar refractivity (Wildman–Crippen MR) is 96.8 cm³/mol. The van der Waals surface area contributed by atoms with Crippen molar-refractivity contribution in [3.8, 4) is 6.07 Å². The predicted octanol–water partition coefficient (Wildman–Crippen LogP) is 2.55.